The van der Waals surface area contributed by atoms with Gasteiger partial charge < -0.3 is 30.9 Å². The molecule has 4 aromatic rings. The molecule has 1 saturated carbocycles. The van der Waals surface area contributed by atoms with E-state index < -0.39 is 17.7 Å². The van der Waals surface area contributed by atoms with Crippen molar-refractivity contribution < 1.29 is 23.9 Å². The molecule has 1 fully saturated rings. The first-order chi connectivity index (χ1) is 27.8. The Kier molecular flexibility index (Phi) is 15.5. The summed E-state index contributed by atoms with van der Waals surface area (Å²) < 4.78 is 5.36. The van der Waals surface area contributed by atoms with Crippen molar-refractivity contribution in [1.82, 2.24) is 46.5 Å². The van der Waals surface area contributed by atoms with E-state index in [-0.39, 0.29) is 36.0 Å². The largest absolute Gasteiger partial charge is 0.444 e. The molecule has 0 spiro atoms. The molecular weight excluding hydrogens is 737 g/mol. The monoisotopic (exact) mass is 794 g/mol. The zero-order chi connectivity index (χ0) is 41.7. The van der Waals surface area contributed by atoms with Crippen LogP contribution >= 0.6 is 0 Å². The van der Waals surface area contributed by atoms with E-state index >= 15 is 0 Å². The number of carbonyl (C=O) groups excluding carboxylic acids is 4. The minimum absolute atomic E-state index is 0.169. The van der Waals surface area contributed by atoms with Gasteiger partial charge in [0.2, 0.25) is 17.6 Å². The van der Waals surface area contributed by atoms with Crippen molar-refractivity contribution in [3.05, 3.63) is 77.6 Å². The van der Waals surface area contributed by atoms with Crippen LogP contribution in [0.5, 0.6) is 0 Å². The topological polar surface area (TPSA) is 196 Å². The number of amides is 4. The van der Waals surface area contributed by atoms with E-state index in [1.807, 2.05) is 58.0 Å². The molecule has 0 saturated heterocycles. The highest BCUT2D eigenvalue weighted by atomic mass is 16.6. The number of alkyl carbamates (subject to hydrolysis) is 1. The zero-order valence-electron chi connectivity index (χ0n) is 34.6. The second-order valence-electron chi connectivity index (χ2n) is 15.8. The number of ether oxygens (including phenoxy) is 1. The fourth-order valence-electron chi connectivity index (χ4n) is 7.07. The molecule has 1 unspecified atom stereocenters. The Morgan fingerprint density at radius 3 is 2.21 bits per heavy atom. The number of nitrogens with one attached hydrogen (secondary N) is 5. The third kappa shape index (κ3) is 12.9. The highest BCUT2D eigenvalue weighted by Crippen LogP contribution is 2.29. The maximum Gasteiger partial charge on any atom is 0.407 e. The number of benzene rings is 2. The number of hydrogen-bond donors (Lipinski definition) is 5. The van der Waals surface area contributed by atoms with Gasteiger partial charge in [0.05, 0.1) is 0 Å². The van der Waals surface area contributed by atoms with Gasteiger partial charge >= 0.3 is 6.09 Å². The van der Waals surface area contributed by atoms with Gasteiger partial charge in [-0.05, 0) is 132 Å². The van der Waals surface area contributed by atoms with Crippen LogP contribution in [0.25, 0.3) is 22.5 Å². The van der Waals surface area contributed by atoms with E-state index in [0.717, 1.165) is 66.8 Å². The third-order valence-electron chi connectivity index (χ3n) is 10.4. The van der Waals surface area contributed by atoms with Crippen LogP contribution in [0, 0.1) is 18.8 Å². The molecule has 1 aliphatic rings. The van der Waals surface area contributed by atoms with Crippen molar-refractivity contribution >= 4 is 29.5 Å². The number of hydrogen-bond acceptors (Lipinski definition) is 10. The Balaban J connectivity index is 1.22. The lowest BCUT2D eigenvalue weighted by Gasteiger charge is -2.29. The fraction of sp³-hybridized carbons (Fsp3) is 0.488. The fourth-order valence-corrected chi connectivity index (χ4v) is 7.07. The van der Waals surface area contributed by atoms with Gasteiger partial charge in [0.1, 0.15) is 17.3 Å². The van der Waals surface area contributed by atoms with Gasteiger partial charge in [-0.25, -0.2) is 9.78 Å². The van der Waals surface area contributed by atoms with E-state index in [1.165, 1.54) is 0 Å². The predicted octanol–water partition coefficient (Wildman–Crippen LogP) is 5.70. The molecule has 4 amide bonds. The molecule has 5 N–H and O–H groups in total. The second kappa shape index (κ2) is 20.6. The summed E-state index contributed by atoms with van der Waals surface area (Å²) in [7, 11) is 0. The van der Waals surface area contributed by atoms with Gasteiger partial charge in [-0.2, -0.15) is 5.21 Å². The number of rotatable bonds is 17. The highest BCUT2D eigenvalue weighted by molar-refractivity contribution is 5.98. The summed E-state index contributed by atoms with van der Waals surface area (Å²) >= 11 is 0. The van der Waals surface area contributed by atoms with Crippen LogP contribution in [-0.2, 0) is 20.7 Å². The van der Waals surface area contributed by atoms with Crippen molar-refractivity contribution in [3.8, 4) is 22.5 Å². The molecular formula is C43H58N10O5. The molecule has 0 aliphatic heterocycles. The smallest absolute Gasteiger partial charge is 0.407 e. The Morgan fingerprint density at radius 1 is 0.897 bits per heavy atom. The normalized spacial score (nSPS) is 16.0. The average molecular weight is 795 g/mol. The van der Waals surface area contributed by atoms with Gasteiger partial charge in [-0.15, -0.1) is 10.2 Å². The number of pyridine rings is 1. The summed E-state index contributed by atoms with van der Waals surface area (Å²) in [5.74, 6) is -0.283. The quantitative estimate of drug-likeness (QED) is 0.0828. The molecule has 5 rings (SSSR count). The Hall–Kier alpha value is -5.70. The number of aromatic amines is 1. The number of carbonyl (C=O) groups is 4. The minimum Gasteiger partial charge on any atom is -0.444 e. The number of anilines is 1. The predicted molar refractivity (Wildman–Crippen MR) is 223 cm³/mol. The van der Waals surface area contributed by atoms with Gasteiger partial charge in [0, 0.05) is 47.9 Å². The summed E-state index contributed by atoms with van der Waals surface area (Å²) in [5, 5.41) is 25.9. The number of H-pyrrole nitrogens is 1. The molecule has 0 radical (unpaired) electrons. The molecule has 1 atom stereocenters. The number of tetrazole rings is 1. The lowest BCUT2D eigenvalue weighted by molar-refractivity contribution is -0.130. The van der Waals surface area contributed by atoms with E-state index in [9.17, 15) is 19.2 Å². The molecule has 15 nitrogen and oxygen atoms in total. The first-order valence-electron chi connectivity index (χ1n) is 20.3. The van der Waals surface area contributed by atoms with Gasteiger partial charge in [-0.3, -0.25) is 14.4 Å². The van der Waals surface area contributed by atoms with Crippen LogP contribution in [0.2, 0.25) is 0 Å². The average Bonchev–Trinajstić information content (AvgIpc) is 3.75. The number of aryl methyl sites for hydroxylation is 1. The Bertz CT molecular complexity index is 1950. The van der Waals surface area contributed by atoms with Crippen LogP contribution in [0.15, 0.2) is 60.7 Å². The van der Waals surface area contributed by atoms with Gasteiger partial charge in [0.15, 0.2) is 0 Å². The lowest BCUT2D eigenvalue weighted by atomic mass is 9.81. The van der Waals surface area contributed by atoms with Gasteiger partial charge in [-0.1, -0.05) is 44.2 Å². The SMILES string of the molecule is CCN(CC)CCCNC(=O)c1ccc(-c2ccc(CC(NC(=O)C3CCC(CNC(=O)OC(C)(C)C)CC3)C(=O)Nc3ccc(-c4nn[nH]n4)cc3)cc2)c(C)n1. The molecule has 58 heavy (non-hydrogen) atoms. The van der Waals surface area contributed by atoms with E-state index in [1.54, 1.807) is 30.3 Å². The number of nitrogens with zero attached hydrogens (tertiary/aromatic N) is 5. The molecule has 2 heterocycles. The maximum absolute atomic E-state index is 13.8. The van der Waals surface area contributed by atoms with E-state index in [0.29, 0.717) is 43.1 Å². The highest BCUT2D eigenvalue weighted by Gasteiger charge is 2.30. The zero-order valence-corrected chi connectivity index (χ0v) is 34.6. The summed E-state index contributed by atoms with van der Waals surface area (Å²) in [4.78, 5) is 59.4. The molecule has 2 aromatic heterocycles. The summed E-state index contributed by atoms with van der Waals surface area (Å²) in [6, 6.07) is 17.7. The summed E-state index contributed by atoms with van der Waals surface area (Å²) in [5.41, 5.74) is 4.51. The van der Waals surface area contributed by atoms with E-state index in [4.69, 9.17) is 4.74 Å². The van der Waals surface area contributed by atoms with E-state index in [2.05, 4.69) is 65.6 Å². The van der Waals surface area contributed by atoms with Crippen LogP contribution in [0.4, 0.5) is 10.5 Å². The first kappa shape index (κ1) is 43.4. The first-order valence-corrected chi connectivity index (χ1v) is 20.3. The molecule has 1 aliphatic carbocycles. The lowest BCUT2D eigenvalue weighted by Crippen LogP contribution is -2.48. The van der Waals surface area contributed by atoms with Crippen LogP contribution in [0.3, 0.4) is 0 Å². The van der Waals surface area contributed by atoms with Gasteiger partial charge in [0.25, 0.3) is 5.91 Å². The van der Waals surface area contributed by atoms with Crippen LogP contribution < -0.4 is 21.3 Å². The maximum atomic E-state index is 13.8. The van der Waals surface area contributed by atoms with Crippen LogP contribution in [0.1, 0.15) is 88.5 Å². The summed E-state index contributed by atoms with van der Waals surface area (Å²) in [6.45, 7) is 15.6. The molecule has 0 bridgehead atoms. The van der Waals surface area contributed by atoms with Crippen LogP contribution in [-0.4, -0.2) is 98.7 Å². The summed E-state index contributed by atoms with van der Waals surface area (Å²) in [6.07, 6.45) is 3.54. The number of aromatic nitrogens is 5. The van der Waals surface area contributed by atoms with Crippen molar-refractivity contribution in [3.63, 3.8) is 0 Å². The minimum atomic E-state index is -0.852. The standard InChI is InChI=1S/C43H58N10O5/c1-7-53(8-2)25-9-24-44-40(55)36-23-22-35(28(3)46-36)31-14-10-29(11-15-31)26-37(41(56)47-34-20-18-32(19-21-34)38-49-51-52-50-38)48-39(54)33-16-12-30(13-17-33)27-45-42(57)58-43(4,5)6/h10-11,14-15,18-23,30,33,37H,7-9,12-13,16-17,24-27H2,1-6H3,(H,44,55)(H,45,57)(H,47,56)(H,48,54)(H,49,50,51,52). The third-order valence-corrected chi connectivity index (χ3v) is 10.4. The molecule has 2 aromatic carbocycles. The second-order valence-corrected chi connectivity index (χ2v) is 15.8. The Morgan fingerprint density at radius 2 is 1.59 bits per heavy atom. The van der Waals surface area contributed by atoms with Crippen molar-refractivity contribution in [2.45, 2.75) is 91.7 Å². The van der Waals surface area contributed by atoms with Crippen molar-refractivity contribution in [2.75, 3.05) is 38.0 Å². The van der Waals surface area contributed by atoms with Crippen molar-refractivity contribution in [1.29, 1.82) is 0 Å². The Labute approximate surface area is 340 Å². The molecule has 310 valence electrons. The molecule has 15 heteroatoms. The van der Waals surface area contributed by atoms with Crippen molar-refractivity contribution in [2.24, 2.45) is 11.8 Å².